The van der Waals surface area contributed by atoms with Crippen LogP contribution in [0.4, 0.5) is 4.79 Å². The lowest BCUT2D eigenvalue weighted by molar-refractivity contribution is -0.162. The zero-order valence-corrected chi connectivity index (χ0v) is 37.2. The summed E-state index contributed by atoms with van der Waals surface area (Å²) in [5.41, 5.74) is 5.58. The van der Waals surface area contributed by atoms with Crippen LogP contribution in [0.2, 0.25) is 0 Å². The van der Waals surface area contributed by atoms with E-state index in [-0.39, 0.29) is 58.8 Å². The fourth-order valence-corrected chi connectivity index (χ4v) is 10.0. The van der Waals surface area contributed by atoms with Gasteiger partial charge < -0.3 is 29.2 Å². The molecule has 60 heavy (non-hydrogen) atoms. The van der Waals surface area contributed by atoms with Gasteiger partial charge in [0.1, 0.15) is 41.7 Å². The van der Waals surface area contributed by atoms with Crippen molar-refractivity contribution >= 4 is 34.8 Å². The first-order valence-corrected chi connectivity index (χ1v) is 22.5. The Labute approximate surface area is 359 Å². The Bertz CT molecular complexity index is 1990. The van der Waals surface area contributed by atoms with Gasteiger partial charge in [-0.25, -0.2) is 0 Å². The number of amides is 2. The molecule has 2 aliphatic carbocycles. The Kier molecular flexibility index (Phi) is 14.5. The van der Waals surface area contributed by atoms with Crippen molar-refractivity contribution in [1.82, 2.24) is 5.32 Å². The van der Waals surface area contributed by atoms with E-state index in [9.17, 15) is 29.4 Å². The number of esters is 2. The zero-order valence-electron chi connectivity index (χ0n) is 36.4. The van der Waals surface area contributed by atoms with Crippen LogP contribution in [0.3, 0.4) is 0 Å². The number of benzene rings is 2. The molecular weight excluding hydrogens is 783 g/mol. The number of hydrogen-bond donors (Lipinski definition) is 3. The van der Waals surface area contributed by atoms with Gasteiger partial charge in [-0.05, 0) is 130 Å². The number of ether oxygens (including phenoxy) is 4. The van der Waals surface area contributed by atoms with Gasteiger partial charge in [0.2, 0.25) is 5.91 Å². The molecule has 2 saturated heterocycles. The first-order valence-electron chi connectivity index (χ1n) is 21.7. The van der Waals surface area contributed by atoms with Crippen molar-refractivity contribution in [2.45, 2.75) is 142 Å². The van der Waals surface area contributed by atoms with Gasteiger partial charge in [0.25, 0.3) is 5.24 Å². The van der Waals surface area contributed by atoms with Gasteiger partial charge >= 0.3 is 11.9 Å². The maximum atomic E-state index is 12.5. The number of carbonyl (C=O) groups is 4. The van der Waals surface area contributed by atoms with E-state index < -0.39 is 11.7 Å². The number of nitrogens with one attached hydrogen (secondary N) is 1. The minimum atomic E-state index is -0.597. The second-order valence-electron chi connectivity index (χ2n) is 18.0. The van der Waals surface area contributed by atoms with Gasteiger partial charge in [-0.3, -0.25) is 24.5 Å². The van der Waals surface area contributed by atoms with Gasteiger partial charge in [-0.15, -0.1) is 0 Å². The molecule has 3 aliphatic heterocycles. The minimum absolute atomic E-state index is 0.0854. The third-order valence-electron chi connectivity index (χ3n) is 13.2. The van der Waals surface area contributed by atoms with Crippen LogP contribution in [0.25, 0.3) is 0 Å². The predicted molar refractivity (Wildman–Crippen MR) is 231 cm³/mol. The summed E-state index contributed by atoms with van der Waals surface area (Å²) in [4.78, 5) is 47.3. The molecule has 0 radical (unpaired) electrons. The van der Waals surface area contributed by atoms with Crippen molar-refractivity contribution in [3.8, 4) is 17.2 Å². The normalized spacial score (nSPS) is 30.0. The summed E-state index contributed by atoms with van der Waals surface area (Å²) in [6, 6.07) is 7.61. The number of carbonyl (C=O) groups excluding carboxylic acids is 4. The number of cyclic esters (lactones) is 1. The van der Waals surface area contributed by atoms with E-state index in [4.69, 9.17) is 18.9 Å². The number of phenolic OH excluding ortho intramolecular Hbond substituents is 1. The van der Waals surface area contributed by atoms with Crippen LogP contribution in [0.15, 0.2) is 48.1 Å². The molecule has 0 spiro atoms. The SMILES string of the molecule is CC[C@H](C)C(=O)O[C@H]1C[C@@H](C)C=C2C=C[C@H](C)[C@H](CC[C@@H]3C[C@@H](O)CC(=O)O3)[C@H]21.Cc1c(C)c2c(c(C)c1O)CCC(C)(COc1ccc(CC3SC(=O)NC3=O)cc1)O2. The molecular formula is C48H63NO10S. The van der Waals surface area contributed by atoms with Crippen molar-refractivity contribution in [3.63, 3.8) is 0 Å². The molecule has 12 heteroatoms. The molecule has 0 bridgehead atoms. The van der Waals surface area contributed by atoms with Crippen molar-refractivity contribution in [1.29, 1.82) is 0 Å². The molecule has 10 atom stereocenters. The highest BCUT2D eigenvalue weighted by Crippen LogP contribution is 2.46. The number of thioether (sulfide) groups is 1. The monoisotopic (exact) mass is 845 g/mol. The third-order valence-corrected chi connectivity index (χ3v) is 14.2. The van der Waals surface area contributed by atoms with Crippen LogP contribution in [0, 0.1) is 50.4 Å². The van der Waals surface area contributed by atoms with Crippen LogP contribution in [0.1, 0.15) is 107 Å². The second kappa shape index (κ2) is 19.2. The maximum absolute atomic E-state index is 12.5. The fraction of sp³-hybridized carbons (Fsp3) is 0.583. The molecule has 5 aliphatic rings. The minimum Gasteiger partial charge on any atom is -0.507 e. The standard InChI is InChI=1S/C24H27NO5S.C24H36O5/c1-13-14(2)21-18(15(3)20(13)26)9-10-24(4,30-21)12-29-17-7-5-16(6-8-17)11-19-22(27)25-23(28)31-19;1-5-15(3)24(27)29-21-11-14(2)10-17-7-6-16(4)20(23(17)21)9-8-19-12-18(25)13-22(26)28-19/h5-8,19,26H,9-12H2,1-4H3,(H,25,27,28);6-7,10,14-16,18-21,23,25H,5,8-9,11-13H2,1-4H3/t;14-,15-,16-,18+,19+,20-,21-,23-/m.0/s1. The number of hydrogen-bond acceptors (Lipinski definition) is 11. The molecule has 0 aromatic heterocycles. The predicted octanol–water partition coefficient (Wildman–Crippen LogP) is 8.57. The topological polar surface area (TPSA) is 158 Å². The van der Waals surface area contributed by atoms with Gasteiger partial charge in [-0.1, -0.05) is 69.8 Å². The van der Waals surface area contributed by atoms with Crippen LogP contribution in [-0.2, 0) is 36.7 Å². The molecule has 2 amide bonds. The molecule has 11 nitrogen and oxygen atoms in total. The van der Waals surface area contributed by atoms with E-state index >= 15 is 0 Å². The van der Waals surface area contributed by atoms with E-state index in [2.05, 4.69) is 37.4 Å². The van der Waals surface area contributed by atoms with Crippen LogP contribution < -0.4 is 14.8 Å². The quantitative estimate of drug-likeness (QED) is 0.186. The van der Waals surface area contributed by atoms with Crippen molar-refractivity contribution in [2.75, 3.05) is 6.61 Å². The average molecular weight is 846 g/mol. The Balaban J connectivity index is 0.000000202. The Morgan fingerprint density at radius 3 is 2.45 bits per heavy atom. The van der Waals surface area contributed by atoms with Gasteiger partial charge in [0.15, 0.2) is 0 Å². The summed E-state index contributed by atoms with van der Waals surface area (Å²) in [6.07, 6.45) is 11.8. The van der Waals surface area contributed by atoms with E-state index in [1.807, 2.05) is 65.8 Å². The third kappa shape index (κ3) is 10.6. The summed E-state index contributed by atoms with van der Waals surface area (Å²) in [5, 5.41) is 21.9. The lowest BCUT2D eigenvalue weighted by Gasteiger charge is -2.43. The first kappa shape index (κ1) is 45.2. The number of fused-ring (bicyclic) bond motifs is 2. The van der Waals surface area contributed by atoms with E-state index in [1.54, 1.807) is 0 Å². The number of allylic oxidation sites excluding steroid dienone is 3. The largest absolute Gasteiger partial charge is 0.507 e. The van der Waals surface area contributed by atoms with Crippen LogP contribution in [-0.4, -0.2) is 69.1 Å². The molecule has 2 fully saturated rings. The molecule has 7 rings (SSSR count). The zero-order chi connectivity index (χ0) is 43.5. The Morgan fingerprint density at radius 1 is 1.05 bits per heavy atom. The molecule has 2 unspecified atom stereocenters. The Hall–Kier alpha value is -4.29. The number of aromatic hydroxyl groups is 1. The summed E-state index contributed by atoms with van der Waals surface area (Å²) < 4.78 is 24.0. The van der Waals surface area contributed by atoms with Crippen molar-refractivity contribution in [3.05, 3.63) is 75.9 Å². The number of phenols is 1. The van der Waals surface area contributed by atoms with E-state index in [1.165, 1.54) is 5.57 Å². The van der Waals surface area contributed by atoms with Gasteiger partial charge in [0.05, 0.1) is 23.7 Å². The van der Waals surface area contributed by atoms with Crippen molar-refractivity contribution in [2.24, 2.45) is 29.6 Å². The summed E-state index contributed by atoms with van der Waals surface area (Å²) in [6.45, 7) is 16.6. The van der Waals surface area contributed by atoms with Crippen LogP contribution >= 0.6 is 11.8 Å². The maximum Gasteiger partial charge on any atom is 0.308 e. The summed E-state index contributed by atoms with van der Waals surface area (Å²) >= 11 is 1.04. The lowest BCUT2D eigenvalue weighted by atomic mass is 9.65. The molecule has 0 saturated carbocycles. The second-order valence-corrected chi connectivity index (χ2v) is 19.1. The van der Waals surface area contributed by atoms with Crippen molar-refractivity contribution < 1.29 is 48.3 Å². The average Bonchev–Trinajstić information content (AvgIpc) is 3.53. The number of imide groups is 1. The lowest BCUT2D eigenvalue weighted by Crippen LogP contribution is -2.42. The molecule has 3 heterocycles. The first-order chi connectivity index (χ1) is 28.4. The van der Waals surface area contributed by atoms with Gasteiger partial charge in [0, 0.05) is 17.9 Å². The van der Waals surface area contributed by atoms with E-state index in [0.717, 1.165) is 89.6 Å². The van der Waals surface area contributed by atoms with E-state index in [0.29, 0.717) is 43.0 Å². The van der Waals surface area contributed by atoms with Crippen LogP contribution in [0.5, 0.6) is 17.2 Å². The highest BCUT2D eigenvalue weighted by molar-refractivity contribution is 8.15. The number of aliphatic hydroxyl groups is 1. The highest BCUT2D eigenvalue weighted by atomic mass is 32.2. The molecule has 2 aromatic carbocycles. The Morgan fingerprint density at radius 2 is 1.78 bits per heavy atom. The highest BCUT2D eigenvalue weighted by Gasteiger charge is 2.42. The molecule has 3 N–H and O–H groups in total. The smallest absolute Gasteiger partial charge is 0.308 e. The summed E-state index contributed by atoms with van der Waals surface area (Å²) in [7, 11) is 0. The molecule has 326 valence electrons. The molecule has 2 aromatic rings. The number of rotatable bonds is 11. The number of aliphatic hydroxyl groups excluding tert-OH is 1. The fourth-order valence-electron chi connectivity index (χ4n) is 9.17. The van der Waals surface area contributed by atoms with Gasteiger partial charge in [-0.2, -0.15) is 0 Å². The summed E-state index contributed by atoms with van der Waals surface area (Å²) in [5.74, 6) is 2.48.